The Labute approximate surface area is 409 Å². The summed E-state index contributed by atoms with van der Waals surface area (Å²) >= 11 is 1.15. The first kappa shape index (κ1) is 53.1. The number of thioether (sulfide) groups is 1. The summed E-state index contributed by atoms with van der Waals surface area (Å²) in [5.74, 6) is -10.00. The third-order valence-corrected chi connectivity index (χ3v) is 11.5. The smallest absolute Gasteiger partial charge is 0.548 e. The summed E-state index contributed by atoms with van der Waals surface area (Å²) in [5, 5.41) is 29.0. The van der Waals surface area contributed by atoms with Crippen molar-refractivity contribution >= 4 is 71.1 Å². The van der Waals surface area contributed by atoms with Gasteiger partial charge in [-0.2, -0.15) is 0 Å². The molecule has 3 aromatic rings. The molecule has 4 atom stereocenters. The van der Waals surface area contributed by atoms with E-state index in [9.17, 15) is 58.2 Å². The van der Waals surface area contributed by atoms with Crippen molar-refractivity contribution < 1.29 is 107 Å². The third kappa shape index (κ3) is 13.1. The number of amides is 5. The molecule has 2 heterocycles. The third-order valence-electron chi connectivity index (χ3n) is 9.95. The molecule has 67 heavy (non-hydrogen) atoms. The van der Waals surface area contributed by atoms with Crippen molar-refractivity contribution in [3.63, 3.8) is 0 Å². The predicted molar refractivity (Wildman–Crippen MR) is 228 cm³/mol. The maximum atomic E-state index is 14.4. The molecular weight excluding hydrogens is 910 g/mol. The van der Waals surface area contributed by atoms with Crippen LogP contribution < -0.4 is 69.6 Å². The summed E-state index contributed by atoms with van der Waals surface area (Å²) in [6, 6.07) is 9.23. The van der Waals surface area contributed by atoms with Crippen LogP contribution >= 0.6 is 11.8 Å². The Hall–Kier alpha value is -6.49. The van der Waals surface area contributed by atoms with Crippen LogP contribution in [0.3, 0.4) is 0 Å². The fourth-order valence-corrected chi connectivity index (χ4v) is 8.83. The molecule has 2 unspecified atom stereocenters. The second-order valence-corrected chi connectivity index (χ2v) is 17.3. The van der Waals surface area contributed by atoms with Crippen molar-refractivity contribution in [1.29, 1.82) is 0 Å². The number of phenols is 1. The second kappa shape index (κ2) is 22.8. The fraction of sp³-hybridized carbons (Fsp3) is 0.364. The number of rotatable bonds is 18. The largest absolute Gasteiger partial charge is 1.00 e. The van der Waals surface area contributed by atoms with E-state index in [0.29, 0.717) is 0 Å². The number of para-hydroxylation sites is 2. The fourth-order valence-electron chi connectivity index (χ4n) is 7.20. The Morgan fingerprint density at radius 2 is 1.33 bits per heavy atom. The van der Waals surface area contributed by atoms with E-state index in [1.54, 1.807) is 13.8 Å². The molecule has 21 nitrogen and oxygen atoms in total. The Bertz CT molecular complexity index is 2470. The van der Waals surface area contributed by atoms with E-state index in [1.807, 2.05) is 0 Å². The summed E-state index contributed by atoms with van der Waals surface area (Å²) in [6.07, 6.45) is 0.286. The standard InChI is InChI=1S/C44H47N5O16S.Na/c1-22(50)62-30-13-9-11-28(35(30)64-24(3)52)38(56)45-19-7-8-20-48(40(58)29-12-10-14-31(63-23(2)51)36(29)65-25(4)53)21-32(55)46-33(26-15-17-27(54)18-16-26)39(57)47-34-41(59)49-37(43(60)61)44(5,6)66-42(34)49;/h9-18,33-34,37,42,54H,7-8,19-21H2,1-6H3,(H,45,56)(H,46,55)(H,47,57)(H,60,61);/q;+1/p-1/t33-,34-,37?,42?;/m1./s1. The number of hydrogen-bond donors (Lipinski definition) is 4. The quantitative estimate of drug-likeness (QED) is 0.0349. The minimum atomic E-state index is -1.52. The molecule has 0 aliphatic carbocycles. The minimum absolute atomic E-state index is 0. The van der Waals surface area contributed by atoms with Crippen molar-refractivity contribution in [3.05, 3.63) is 77.4 Å². The Morgan fingerprint density at radius 3 is 1.87 bits per heavy atom. The van der Waals surface area contributed by atoms with E-state index in [0.717, 1.165) is 49.3 Å². The van der Waals surface area contributed by atoms with Crippen LogP contribution in [0.5, 0.6) is 28.7 Å². The van der Waals surface area contributed by atoms with Crippen molar-refractivity contribution in [2.45, 2.75) is 82.6 Å². The first-order valence-corrected chi connectivity index (χ1v) is 21.1. The van der Waals surface area contributed by atoms with Crippen LogP contribution in [-0.4, -0.2) is 116 Å². The summed E-state index contributed by atoms with van der Waals surface area (Å²) in [4.78, 5) is 131. The van der Waals surface area contributed by atoms with E-state index in [2.05, 4.69) is 16.0 Å². The van der Waals surface area contributed by atoms with Gasteiger partial charge in [0.15, 0.2) is 23.0 Å². The van der Waals surface area contributed by atoms with Crippen LogP contribution in [0.15, 0.2) is 60.7 Å². The van der Waals surface area contributed by atoms with Crippen LogP contribution in [-0.2, 0) is 38.4 Å². The summed E-state index contributed by atoms with van der Waals surface area (Å²) in [5.41, 5.74) is -0.255. The molecular formula is C44H46N5NaO16S. The monoisotopic (exact) mass is 955 g/mol. The zero-order valence-corrected chi connectivity index (χ0v) is 40.3. The second-order valence-electron chi connectivity index (χ2n) is 15.5. The number of β-lactam (4-membered cyclic amide) rings is 1. The van der Waals surface area contributed by atoms with Crippen molar-refractivity contribution in [1.82, 2.24) is 25.8 Å². The number of nitrogens with one attached hydrogen (secondary N) is 3. The Balaban J connectivity index is 0.00000980. The number of carboxylic acids is 1. The van der Waals surface area contributed by atoms with E-state index in [1.165, 1.54) is 60.7 Å². The van der Waals surface area contributed by atoms with Gasteiger partial charge >= 0.3 is 53.4 Å². The predicted octanol–water partition coefficient (Wildman–Crippen LogP) is -2.10. The van der Waals surface area contributed by atoms with Crippen molar-refractivity contribution in [2.75, 3.05) is 19.6 Å². The van der Waals surface area contributed by atoms with Crippen LogP contribution in [0.25, 0.3) is 0 Å². The van der Waals surface area contributed by atoms with E-state index in [4.69, 9.17) is 18.9 Å². The molecule has 2 aliphatic heterocycles. The molecule has 5 amide bonds. The molecule has 23 heteroatoms. The normalized spacial score (nSPS) is 16.9. The molecule has 0 aromatic heterocycles. The van der Waals surface area contributed by atoms with Gasteiger partial charge in [-0.05, 0) is 68.7 Å². The van der Waals surface area contributed by atoms with Gasteiger partial charge in [0.25, 0.3) is 11.8 Å². The molecule has 0 spiro atoms. The molecule has 2 saturated heterocycles. The number of fused-ring (bicyclic) bond motifs is 1. The van der Waals surface area contributed by atoms with Gasteiger partial charge in [-0.15, -0.1) is 11.8 Å². The minimum Gasteiger partial charge on any atom is -0.548 e. The first-order chi connectivity index (χ1) is 31.1. The zero-order chi connectivity index (χ0) is 48.6. The van der Waals surface area contributed by atoms with Crippen LogP contribution in [0, 0.1) is 0 Å². The van der Waals surface area contributed by atoms with Crippen molar-refractivity contribution in [3.8, 4) is 28.7 Å². The number of unbranched alkanes of at least 4 members (excludes halogenated alkanes) is 1. The molecule has 2 aliphatic rings. The average molecular weight is 956 g/mol. The van der Waals surface area contributed by atoms with E-state index >= 15 is 0 Å². The maximum Gasteiger partial charge on any atom is 1.00 e. The van der Waals surface area contributed by atoms with Gasteiger partial charge in [0.1, 0.15) is 23.2 Å². The molecule has 5 rings (SSSR count). The number of carbonyl (C=O) groups excluding carboxylic acids is 10. The first-order valence-electron chi connectivity index (χ1n) is 20.3. The summed E-state index contributed by atoms with van der Waals surface area (Å²) in [7, 11) is 0. The van der Waals surface area contributed by atoms with Gasteiger partial charge in [-0.1, -0.05) is 24.3 Å². The molecule has 2 fully saturated rings. The maximum absolute atomic E-state index is 14.4. The van der Waals surface area contributed by atoms with E-state index in [-0.39, 0.29) is 95.2 Å². The van der Waals surface area contributed by atoms with Crippen LogP contribution in [0.2, 0.25) is 0 Å². The molecule has 0 bridgehead atoms. The number of carboxylic acid groups (broad SMARTS) is 1. The number of ether oxygens (including phenoxy) is 4. The number of hydrogen-bond acceptors (Lipinski definition) is 17. The van der Waals surface area contributed by atoms with Gasteiger partial charge in [-0.25, -0.2) is 0 Å². The number of esters is 4. The number of carbonyl (C=O) groups is 10. The van der Waals surface area contributed by atoms with Crippen LogP contribution in [0.4, 0.5) is 0 Å². The SMILES string of the molecule is CC(=O)Oc1cccc(C(=O)NCCCCN(CC(=O)N[C@@H](C(=O)N[C@@H]2C(=O)N3C2SC(C)(C)C3C(=O)[O-])c2ccc(O)cc2)C(=O)c2cccc(OC(C)=O)c2OC(C)=O)c1OC(C)=O.[Na+]. The Kier molecular flexibility index (Phi) is 18.1. The number of aliphatic carboxylic acids is 1. The molecule has 3 aromatic carbocycles. The molecule has 4 N–H and O–H groups in total. The summed E-state index contributed by atoms with van der Waals surface area (Å²) < 4.78 is 19.8. The zero-order valence-electron chi connectivity index (χ0n) is 37.5. The van der Waals surface area contributed by atoms with Gasteiger partial charge in [0.2, 0.25) is 17.7 Å². The number of aromatic hydroxyl groups is 1. The Morgan fingerprint density at radius 1 is 0.791 bits per heavy atom. The average Bonchev–Trinajstić information content (AvgIpc) is 3.49. The van der Waals surface area contributed by atoms with Crippen molar-refractivity contribution in [2.24, 2.45) is 0 Å². The number of benzene rings is 3. The van der Waals surface area contributed by atoms with E-state index < -0.39 is 99.9 Å². The number of nitrogens with zero attached hydrogens (tertiary/aromatic N) is 2. The molecule has 0 saturated carbocycles. The topological polar surface area (TPSA) is 293 Å². The summed E-state index contributed by atoms with van der Waals surface area (Å²) in [6.45, 7) is 6.66. The molecule has 0 radical (unpaired) electrons. The van der Waals surface area contributed by atoms with Gasteiger partial charge < -0.3 is 59.7 Å². The molecule has 350 valence electrons. The van der Waals surface area contributed by atoms with Crippen LogP contribution in [0.1, 0.15) is 86.7 Å². The number of phenolic OH excluding ortho intramolecular Hbond substituents is 1. The van der Waals surface area contributed by atoms with Gasteiger partial charge in [0.05, 0.1) is 29.7 Å². The van der Waals surface area contributed by atoms with Gasteiger partial charge in [0, 0.05) is 45.5 Å². The van der Waals surface area contributed by atoms with Gasteiger partial charge in [-0.3, -0.25) is 43.2 Å².